The third-order valence-electron chi connectivity index (χ3n) is 4.52. The van der Waals surface area contributed by atoms with E-state index in [2.05, 4.69) is 52.3 Å². The maximum Gasteiger partial charge on any atom is 0.234 e. The van der Waals surface area contributed by atoms with E-state index in [1.54, 1.807) is 35.6 Å². The van der Waals surface area contributed by atoms with Gasteiger partial charge in [0.25, 0.3) is 0 Å². The molecule has 8 heteroatoms. The quantitative estimate of drug-likeness (QED) is 0.351. The van der Waals surface area contributed by atoms with Gasteiger partial charge in [0.15, 0.2) is 16.8 Å². The average Bonchev–Trinajstić information content (AvgIpc) is 3.34. The molecule has 0 spiro atoms. The molecule has 1 N–H and O–H groups in total. The highest BCUT2D eigenvalue weighted by atomic mass is 32.2. The molecule has 3 aromatic rings. The van der Waals surface area contributed by atoms with Crippen LogP contribution < -0.4 is 5.32 Å². The van der Waals surface area contributed by atoms with E-state index in [1.807, 2.05) is 0 Å². The number of ketones is 1. The van der Waals surface area contributed by atoms with Crippen LogP contribution in [0.5, 0.6) is 0 Å². The van der Waals surface area contributed by atoms with Crippen molar-refractivity contribution in [1.82, 2.24) is 14.8 Å². The number of benzene rings is 1. The fraction of sp³-hybridized carbons (Fsp3) is 0.364. The van der Waals surface area contributed by atoms with Gasteiger partial charge in [-0.1, -0.05) is 32.5 Å². The van der Waals surface area contributed by atoms with Crippen LogP contribution in [0, 0.1) is 0 Å². The summed E-state index contributed by atoms with van der Waals surface area (Å²) in [6.07, 6.45) is 0.953. The second-order valence-electron chi connectivity index (χ2n) is 7.32. The first kappa shape index (κ1) is 22.2. The number of nitrogens with zero attached hydrogens (tertiary/aromatic N) is 3. The standard InChI is InChI=1S/C22H26N4O2S2/c1-5-10-26-21(17-11-19(14(2)3)29-12-17)24-25-22(26)30-13-20(28)23-18-8-6-16(7-9-18)15(4)27/h6-9,11-12,14H,5,10,13H2,1-4H3,(H,23,28). The van der Waals surface area contributed by atoms with Crippen LogP contribution >= 0.6 is 23.1 Å². The molecule has 0 bridgehead atoms. The van der Waals surface area contributed by atoms with Gasteiger partial charge in [0, 0.05) is 33.6 Å². The minimum absolute atomic E-state index is 0.000587. The Labute approximate surface area is 185 Å². The average molecular weight is 443 g/mol. The minimum atomic E-state index is -0.124. The highest BCUT2D eigenvalue weighted by molar-refractivity contribution is 7.99. The van der Waals surface area contributed by atoms with E-state index in [0.717, 1.165) is 29.5 Å². The molecule has 0 fully saturated rings. The zero-order chi connectivity index (χ0) is 21.7. The Morgan fingerprint density at radius 2 is 1.93 bits per heavy atom. The predicted molar refractivity (Wildman–Crippen MR) is 124 cm³/mol. The van der Waals surface area contributed by atoms with Crippen LogP contribution in [0.3, 0.4) is 0 Å². The van der Waals surface area contributed by atoms with Crippen molar-refractivity contribution in [2.45, 2.75) is 51.7 Å². The first-order valence-corrected chi connectivity index (χ1v) is 11.8. The van der Waals surface area contributed by atoms with Crippen molar-refractivity contribution >= 4 is 40.5 Å². The van der Waals surface area contributed by atoms with Crippen molar-refractivity contribution in [3.63, 3.8) is 0 Å². The number of amides is 1. The van der Waals surface area contributed by atoms with Crippen LogP contribution in [-0.2, 0) is 11.3 Å². The van der Waals surface area contributed by atoms with Gasteiger partial charge in [-0.05, 0) is 49.6 Å². The molecule has 0 radical (unpaired) electrons. The van der Waals surface area contributed by atoms with Crippen molar-refractivity contribution < 1.29 is 9.59 Å². The lowest BCUT2D eigenvalue weighted by Gasteiger charge is -2.09. The number of thiophene rings is 1. The summed E-state index contributed by atoms with van der Waals surface area (Å²) >= 11 is 3.12. The van der Waals surface area contributed by atoms with Gasteiger partial charge in [-0.3, -0.25) is 9.59 Å². The van der Waals surface area contributed by atoms with Crippen molar-refractivity contribution in [2.75, 3.05) is 11.1 Å². The van der Waals surface area contributed by atoms with Crippen molar-refractivity contribution in [3.8, 4) is 11.4 Å². The number of hydrogen-bond acceptors (Lipinski definition) is 6. The predicted octanol–water partition coefficient (Wildman–Crippen LogP) is 5.47. The molecule has 6 nitrogen and oxygen atoms in total. The van der Waals surface area contributed by atoms with Crippen LogP contribution in [0.1, 0.15) is 55.3 Å². The Morgan fingerprint density at radius 3 is 2.53 bits per heavy atom. The zero-order valence-corrected chi connectivity index (χ0v) is 19.3. The summed E-state index contributed by atoms with van der Waals surface area (Å²) in [5.74, 6) is 1.44. The normalized spacial score (nSPS) is 11.1. The summed E-state index contributed by atoms with van der Waals surface area (Å²) in [7, 11) is 0. The molecule has 1 aromatic carbocycles. The molecule has 3 rings (SSSR count). The van der Waals surface area contributed by atoms with Crippen LogP contribution in [0.15, 0.2) is 40.9 Å². The number of carbonyl (C=O) groups is 2. The summed E-state index contributed by atoms with van der Waals surface area (Å²) in [5, 5.41) is 14.5. The van der Waals surface area contributed by atoms with E-state index in [0.29, 0.717) is 17.2 Å². The first-order valence-electron chi connectivity index (χ1n) is 9.94. The topological polar surface area (TPSA) is 76.9 Å². The minimum Gasteiger partial charge on any atom is -0.325 e. The second-order valence-corrected chi connectivity index (χ2v) is 9.21. The van der Waals surface area contributed by atoms with E-state index in [-0.39, 0.29) is 17.4 Å². The number of aromatic nitrogens is 3. The number of carbonyl (C=O) groups excluding carboxylic acids is 2. The largest absolute Gasteiger partial charge is 0.325 e. The highest BCUT2D eigenvalue weighted by Crippen LogP contribution is 2.31. The molecule has 0 saturated carbocycles. The Bertz CT molecular complexity index is 1020. The van der Waals surface area contributed by atoms with E-state index < -0.39 is 0 Å². The van der Waals surface area contributed by atoms with Crippen molar-refractivity contribution in [1.29, 1.82) is 0 Å². The molecule has 30 heavy (non-hydrogen) atoms. The molecule has 0 saturated heterocycles. The SMILES string of the molecule is CCCn1c(SCC(=O)Nc2ccc(C(C)=O)cc2)nnc1-c1csc(C(C)C)c1. The number of anilines is 1. The number of thioether (sulfide) groups is 1. The van der Waals surface area contributed by atoms with Gasteiger partial charge in [-0.25, -0.2) is 0 Å². The molecule has 2 heterocycles. The van der Waals surface area contributed by atoms with Crippen LogP contribution in [-0.4, -0.2) is 32.2 Å². The lowest BCUT2D eigenvalue weighted by atomic mass is 10.1. The maximum atomic E-state index is 12.4. The Hall–Kier alpha value is -2.45. The zero-order valence-electron chi connectivity index (χ0n) is 17.6. The van der Waals surface area contributed by atoms with Crippen molar-refractivity contribution in [3.05, 3.63) is 46.2 Å². The van der Waals surface area contributed by atoms with E-state index in [4.69, 9.17) is 0 Å². The third-order valence-corrected chi connectivity index (χ3v) is 6.72. The lowest BCUT2D eigenvalue weighted by molar-refractivity contribution is -0.113. The molecule has 0 atom stereocenters. The summed E-state index contributed by atoms with van der Waals surface area (Å²) < 4.78 is 2.09. The number of nitrogens with one attached hydrogen (secondary N) is 1. The molecule has 2 aromatic heterocycles. The number of Topliss-reactive ketones (excluding diaryl/α,β-unsaturated/α-hetero) is 1. The number of hydrogen-bond donors (Lipinski definition) is 1. The maximum absolute atomic E-state index is 12.4. The molecule has 0 aliphatic rings. The summed E-state index contributed by atoms with van der Waals surface area (Å²) in [6.45, 7) is 8.79. The molecular formula is C22H26N4O2S2. The lowest BCUT2D eigenvalue weighted by Crippen LogP contribution is -2.14. The number of rotatable bonds is 9. The van der Waals surface area contributed by atoms with E-state index in [1.165, 1.54) is 23.6 Å². The molecule has 0 unspecified atom stereocenters. The first-order chi connectivity index (χ1) is 14.4. The van der Waals surface area contributed by atoms with Crippen LogP contribution in [0.4, 0.5) is 5.69 Å². The van der Waals surface area contributed by atoms with Gasteiger partial charge in [0.1, 0.15) is 0 Å². The fourth-order valence-corrected chi connectivity index (χ4v) is 4.59. The summed E-state index contributed by atoms with van der Waals surface area (Å²) in [4.78, 5) is 25.1. The molecular weight excluding hydrogens is 416 g/mol. The molecule has 0 aliphatic heterocycles. The van der Waals surface area contributed by atoms with E-state index in [9.17, 15) is 9.59 Å². The van der Waals surface area contributed by atoms with Crippen LogP contribution in [0.2, 0.25) is 0 Å². The molecule has 0 aliphatic carbocycles. The van der Waals surface area contributed by atoms with Crippen LogP contribution in [0.25, 0.3) is 11.4 Å². The third kappa shape index (κ3) is 5.37. The van der Waals surface area contributed by atoms with Gasteiger partial charge < -0.3 is 9.88 Å². The highest BCUT2D eigenvalue weighted by Gasteiger charge is 2.17. The summed E-state index contributed by atoms with van der Waals surface area (Å²) in [5.41, 5.74) is 2.36. The Balaban J connectivity index is 1.67. The van der Waals surface area contributed by atoms with Gasteiger partial charge >= 0.3 is 0 Å². The summed E-state index contributed by atoms with van der Waals surface area (Å²) in [6, 6.07) is 9.07. The molecule has 158 valence electrons. The van der Waals surface area contributed by atoms with Crippen molar-refractivity contribution in [2.24, 2.45) is 0 Å². The van der Waals surface area contributed by atoms with Gasteiger partial charge in [0.2, 0.25) is 5.91 Å². The Kier molecular flexibility index (Phi) is 7.44. The second kappa shape index (κ2) is 10.0. The van der Waals surface area contributed by atoms with Gasteiger partial charge in [-0.15, -0.1) is 21.5 Å². The van der Waals surface area contributed by atoms with E-state index >= 15 is 0 Å². The molecule has 1 amide bonds. The van der Waals surface area contributed by atoms with Gasteiger partial charge in [-0.2, -0.15) is 0 Å². The Morgan fingerprint density at radius 1 is 1.20 bits per heavy atom. The van der Waals surface area contributed by atoms with Gasteiger partial charge in [0.05, 0.1) is 5.75 Å². The fourth-order valence-electron chi connectivity index (χ4n) is 2.92. The monoisotopic (exact) mass is 442 g/mol. The smallest absolute Gasteiger partial charge is 0.234 e.